The maximum absolute atomic E-state index is 2.32. The molecule has 0 atom stereocenters. The number of unbranched alkanes of at least 4 members (excludes halogenated alkanes) is 3. The lowest BCUT2D eigenvalue weighted by atomic mass is 10.1. The van der Waals surface area contributed by atoms with Crippen LogP contribution in [-0.4, -0.2) is 6.26 Å². The lowest BCUT2D eigenvalue weighted by Gasteiger charge is -2.00. The zero-order valence-corrected chi connectivity index (χ0v) is 14.9. The van der Waals surface area contributed by atoms with Gasteiger partial charge in [-0.15, -0.1) is 23.1 Å². The van der Waals surface area contributed by atoms with E-state index in [1.165, 1.54) is 41.9 Å². The van der Waals surface area contributed by atoms with Gasteiger partial charge < -0.3 is 0 Å². The van der Waals surface area contributed by atoms with E-state index >= 15 is 0 Å². The average molecular weight is 299 g/mol. The second-order valence-electron chi connectivity index (χ2n) is 4.31. The Labute approximate surface area is 128 Å². The van der Waals surface area contributed by atoms with Gasteiger partial charge in [-0.1, -0.05) is 46.1 Å². The third kappa shape index (κ3) is 8.54. The monoisotopic (exact) mass is 298 g/mol. The summed E-state index contributed by atoms with van der Waals surface area (Å²) in [6.45, 7) is 8.40. The van der Waals surface area contributed by atoms with Gasteiger partial charge in [0.1, 0.15) is 0 Å². The fourth-order valence-corrected chi connectivity index (χ4v) is 3.55. The number of hydrogen-bond acceptors (Lipinski definition) is 2. The van der Waals surface area contributed by atoms with E-state index in [-0.39, 0.29) is 0 Å². The predicted octanol–water partition coefficient (Wildman–Crippen LogP) is 6.71. The summed E-state index contributed by atoms with van der Waals surface area (Å²) in [5.74, 6) is 0. The van der Waals surface area contributed by atoms with Crippen molar-refractivity contribution in [3.63, 3.8) is 0 Å². The molecule has 0 amide bonds. The summed E-state index contributed by atoms with van der Waals surface area (Å²) in [6.07, 6.45) is 12.2. The molecule has 0 aromatic carbocycles. The molecule has 0 N–H and O–H groups in total. The molecule has 1 heterocycles. The van der Waals surface area contributed by atoms with Gasteiger partial charge in [0.25, 0.3) is 0 Å². The summed E-state index contributed by atoms with van der Waals surface area (Å²) in [5.41, 5.74) is 0. The van der Waals surface area contributed by atoms with Gasteiger partial charge in [0.2, 0.25) is 0 Å². The van der Waals surface area contributed by atoms with E-state index in [2.05, 4.69) is 38.3 Å². The second kappa shape index (κ2) is 12.8. The Bertz CT molecular complexity index is 337. The van der Waals surface area contributed by atoms with E-state index in [0.29, 0.717) is 0 Å². The number of aryl methyl sites for hydroxylation is 1. The zero-order valence-electron chi connectivity index (χ0n) is 13.3. The Kier molecular flexibility index (Phi) is 12.7. The largest absolute Gasteiger partial charge is 0.145 e. The van der Waals surface area contributed by atoms with Gasteiger partial charge in [-0.25, -0.2) is 0 Å². The number of thioether (sulfide) groups is 1. The molecule has 0 saturated heterocycles. The van der Waals surface area contributed by atoms with Crippen molar-refractivity contribution in [1.29, 1.82) is 0 Å². The third-order valence-electron chi connectivity index (χ3n) is 2.93. The van der Waals surface area contributed by atoms with Crippen molar-refractivity contribution in [2.24, 2.45) is 0 Å². The first kappa shape index (κ1) is 18.8. The van der Waals surface area contributed by atoms with E-state index in [9.17, 15) is 0 Å². The summed E-state index contributed by atoms with van der Waals surface area (Å²) < 4.78 is 0. The number of rotatable bonds is 8. The highest BCUT2D eigenvalue weighted by atomic mass is 32.2. The predicted molar refractivity (Wildman–Crippen MR) is 94.5 cm³/mol. The standard InChI is InChI=1S/C15H24S2.C2H6/c1-4-6-7-8-9-14-10-11-15(17-14)12-13(5-2)16-3;1-2/h5,10-11H,4,6-9,12H2,1-3H3;1-2H3/b13-5-;. The van der Waals surface area contributed by atoms with Crippen molar-refractivity contribution in [3.8, 4) is 0 Å². The Hall–Kier alpha value is -0.210. The molecule has 0 radical (unpaired) electrons. The molecule has 0 aliphatic carbocycles. The fourth-order valence-electron chi connectivity index (χ4n) is 1.84. The molecule has 2 heteroatoms. The van der Waals surface area contributed by atoms with E-state index in [0.717, 1.165) is 6.42 Å². The van der Waals surface area contributed by atoms with Crippen LogP contribution >= 0.6 is 23.1 Å². The van der Waals surface area contributed by atoms with Gasteiger partial charge in [0.15, 0.2) is 0 Å². The minimum atomic E-state index is 1.12. The molecule has 1 rings (SSSR count). The smallest absolute Gasteiger partial charge is 0.0126 e. The Morgan fingerprint density at radius 1 is 1.16 bits per heavy atom. The molecular formula is C17H30S2. The van der Waals surface area contributed by atoms with Crippen LogP contribution in [0.15, 0.2) is 23.1 Å². The summed E-state index contributed by atoms with van der Waals surface area (Å²) in [6, 6.07) is 4.62. The summed E-state index contributed by atoms with van der Waals surface area (Å²) >= 11 is 3.86. The van der Waals surface area contributed by atoms with Gasteiger partial charge in [0, 0.05) is 16.2 Å². The molecule has 0 saturated carbocycles. The highest BCUT2D eigenvalue weighted by Crippen LogP contribution is 2.25. The Morgan fingerprint density at radius 2 is 1.84 bits per heavy atom. The number of allylic oxidation sites excluding steroid dienone is 2. The van der Waals surface area contributed by atoms with Crippen molar-refractivity contribution in [2.75, 3.05) is 6.26 Å². The molecule has 1 aromatic heterocycles. The van der Waals surface area contributed by atoms with Crippen molar-refractivity contribution >= 4 is 23.1 Å². The normalized spacial score (nSPS) is 11.1. The first-order valence-electron chi connectivity index (χ1n) is 7.57. The van der Waals surface area contributed by atoms with Gasteiger partial charge >= 0.3 is 0 Å². The molecule has 0 aliphatic heterocycles. The summed E-state index contributed by atoms with van der Waals surface area (Å²) in [4.78, 5) is 4.55. The third-order valence-corrected chi connectivity index (χ3v) is 4.98. The van der Waals surface area contributed by atoms with Crippen molar-refractivity contribution in [1.82, 2.24) is 0 Å². The molecule has 1 aromatic rings. The first-order valence-corrected chi connectivity index (χ1v) is 9.61. The Morgan fingerprint density at radius 3 is 2.42 bits per heavy atom. The average Bonchev–Trinajstić information content (AvgIpc) is 2.91. The summed E-state index contributed by atoms with van der Waals surface area (Å²) in [5, 5.41) is 0. The van der Waals surface area contributed by atoms with E-state index in [1.807, 2.05) is 36.9 Å². The van der Waals surface area contributed by atoms with Gasteiger partial charge in [-0.05, 0) is 43.1 Å². The van der Waals surface area contributed by atoms with Crippen LogP contribution in [0.3, 0.4) is 0 Å². The minimum Gasteiger partial charge on any atom is -0.145 e. The van der Waals surface area contributed by atoms with E-state index in [4.69, 9.17) is 0 Å². The lowest BCUT2D eigenvalue weighted by molar-refractivity contribution is 0.670. The highest BCUT2D eigenvalue weighted by Gasteiger charge is 2.02. The number of thiophene rings is 1. The molecule has 0 bridgehead atoms. The maximum atomic E-state index is 2.32. The van der Waals surface area contributed by atoms with Crippen molar-refractivity contribution in [2.45, 2.75) is 66.2 Å². The van der Waals surface area contributed by atoms with Crippen LogP contribution in [0.25, 0.3) is 0 Å². The fraction of sp³-hybridized carbons (Fsp3) is 0.647. The molecule has 0 aliphatic rings. The zero-order chi connectivity index (χ0) is 14.5. The summed E-state index contributed by atoms with van der Waals surface area (Å²) in [7, 11) is 0. The van der Waals surface area contributed by atoms with Crippen molar-refractivity contribution in [3.05, 3.63) is 32.9 Å². The van der Waals surface area contributed by atoms with Crippen LogP contribution in [0.5, 0.6) is 0 Å². The molecule has 110 valence electrons. The Balaban J connectivity index is 0.00000154. The van der Waals surface area contributed by atoms with Crippen molar-refractivity contribution < 1.29 is 0 Å². The van der Waals surface area contributed by atoms with Crippen LogP contribution in [0.1, 0.15) is 63.1 Å². The molecule has 0 unspecified atom stereocenters. The maximum Gasteiger partial charge on any atom is 0.0126 e. The van der Waals surface area contributed by atoms with Gasteiger partial charge in [0.05, 0.1) is 0 Å². The van der Waals surface area contributed by atoms with Gasteiger partial charge in [-0.3, -0.25) is 0 Å². The molecule has 0 fully saturated rings. The van der Waals surface area contributed by atoms with Crippen LogP contribution in [-0.2, 0) is 12.8 Å². The van der Waals surface area contributed by atoms with Crippen LogP contribution in [0.2, 0.25) is 0 Å². The number of hydrogen-bond donors (Lipinski definition) is 0. The molecule has 0 spiro atoms. The molecule has 0 nitrogen and oxygen atoms in total. The van der Waals surface area contributed by atoms with Gasteiger partial charge in [-0.2, -0.15) is 0 Å². The first-order chi connectivity index (χ1) is 9.30. The minimum absolute atomic E-state index is 1.12. The SMILES string of the molecule is C/C=C(/Cc1ccc(CCCCCC)s1)SC.CC. The molecular weight excluding hydrogens is 268 g/mol. The highest BCUT2D eigenvalue weighted by molar-refractivity contribution is 8.02. The second-order valence-corrected chi connectivity index (χ2v) is 6.50. The van der Waals surface area contributed by atoms with E-state index < -0.39 is 0 Å². The van der Waals surface area contributed by atoms with Crippen LogP contribution in [0, 0.1) is 0 Å². The van der Waals surface area contributed by atoms with Crippen LogP contribution in [0.4, 0.5) is 0 Å². The lowest BCUT2D eigenvalue weighted by Crippen LogP contribution is -1.82. The topological polar surface area (TPSA) is 0 Å². The van der Waals surface area contributed by atoms with Crippen LogP contribution < -0.4 is 0 Å². The quantitative estimate of drug-likeness (QED) is 0.481. The molecule has 19 heavy (non-hydrogen) atoms. The van der Waals surface area contributed by atoms with E-state index in [1.54, 1.807) is 4.88 Å².